The Balaban J connectivity index is 1.26. The smallest absolute Gasteiger partial charge is 0.223 e. The van der Waals surface area contributed by atoms with Gasteiger partial charge in [-0.1, -0.05) is 19.8 Å². The van der Waals surface area contributed by atoms with Crippen molar-refractivity contribution in [2.75, 3.05) is 46.4 Å². The van der Waals surface area contributed by atoms with Gasteiger partial charge in [0, 0.05) is 40.5 Å². The molecule has 3 heterocycles. The lowest BCUT2D eigenvalue weighted by molar-refractivity contribution is -0.126. The van der Waals surface area contributed by atoms with E-state index in [9.17, 15) is 4.79 Å². The highest BCUT2D eigenvalue weighted by Gasteiger charge is 2.36. The van der Waals surface area contributed by atoms with Gasteiger partial charge in [-0.05, 0) is 70.6 Å². The minimum Gasteiger partial charge on any atom is -0.356 e. The van der Waals surface area contributed by atoms with Gasteiger partial charge in [0.2, 0.25) is 5.91 Å². The third-order valence-corrected chi connectivity index (χ3v) is 8.01. The van der Waals surface area contributed by atoms with Gasteiger partial charge in [0.05, 0.1) is 12.3 Å². The maximum Gasteiger partial charge on any atom is 0.223 e. The minimum absolute atomic E-state index is 0.00646. The lowest BCUT2D eigenvalue weighted by atomic mass is 9.83. The summed E-state index contributed by atoms with van der Waals surface area (Å²) in [5.41, 5.74) is 6.47. The van der Waals surface area contributed by atoms with Crippen LogP contribution in [0.4, 0.5) is 0 Å². The molecule has 3 aliphatic heterocycles. The Kier molecular flexibility index (Phi) is 8.18. The maximum atomic E-state index is 13.0. The molecule has 4 fully saturated rings. The summed E-state index contributed by atoms with van der Waals surface area (Å²) >= 11 is 0. The number of hydrogen-bond donors (Lipinski definition) is 7. The Morgan fingerprint density at radius 3 is 2.81 bits per heavy atom. The largest absolute Gasteiger partial charge is 0.356 e. The summed E-state index contributed by atoms with van der Waals surface area (Å²) < 4.78 is 17.6. The van der Waals surface area contributed by atoms with Gasteiger partial charge >= 0.3 is 0 Å². The Bertz CT molecular complexity index is 665. The first-order valence-corrected chi connectivity index (χ1v) is 12.8. The van der Waals surface area contributed by atoms with E-state index in [2.05, 4.69) is 44.4 Å². The highest BCUT2D eigenvalue weighted by molar-refractivity contribution is 5.78. The fourth-order valence-corrected chi connectivity index (χ4v) is 5.83. The highest BCUT2D eigenvalue weighted by atomic mass is 16.1. The van der Waals surface area contributed by atoms with Crippen LogP contribution in [0.5, 0.6) is 0 Å². The molecule has 0 bridgehead atoms. The van der Waals surface area contributed by atoms with Crippen molar-refractivity contribution < 1.29 is 7.54 Å². The number of carbonyl (C=O) groups excluding carboxylic acids is 1. The van der Waals surface area contributed by atoms with E-state index in [4.69, 9.17) is 2.74 Å². The van der Waals surface area contributed by atoms with Crippen LogP contribution in [0.15, 0.2) is 0 Å². The molecule has 0 aromatic carbocycles. The van der Waals surface area contributed by atoms with E-state index in [1.165, 1.54) is 0 Å². The predicted octanol–water partition coefficient (Wildman–Crippen LogP) is -0.512. The van der Waals surface area contributed by atoms with Crippen LogP contribution in [0.1, 0.15) is 54.6 Å². The molecule has 1 aliphatic carbocycles. The van der Waals surface area contributed by atoms with Gasteiger partial charge in [-0.3, -0.25) is 15.0 Å². The van der Waals surface area contributed by atoms with Crippen LogP contribution in [-0.2, 0) is 4.79 Å². The van der Waals surface area contributed by atoms with Crippen LogP contribution in [0.2, 0.25) is 0 Å². The number of nitrogens with zero attached hydrogens (tertiary/aromatic N) is 1. The van der Waals surface area contributed by atoms with E-state index in [1.807, 2.05) is 11.9 Å². The van der Waals surface area contributed by atoms with Crippen LogP contribution in [-0.4, -0.2) is 81.6 Å². The summed E-state index contributed by atoms with van der Waals surface area (Å²) in [5.74, 6) is 1.30. The number of rotatable bonds is 8. The predicted molar refractivity (Wildman–Crippen MR) is 128 cm³/mol. The summed E-state index contributed by atoms with van der Waals surface area (Å²) in [5, 5.41) is 16.7. The number of likely N-dealkylation sites (N-methyl/N-ethyl adjacent to an activating group) is 1. The van der Waals surface area contributed by atoms with Gasteiger partial charge in [-0.2, -0.15) is 0 Å². The van der Waals surface area contributed by atoms with Crippen molar-refractivity contribution in [2.24, 2.45) is 17.8 Å². The molecule has 7 N–H and O–H groups in total. The molecule has 7 atom stereocenters. The molecule has 0 radical (unpaired) electrons. The molecule has 9 nitrogen and oxygen atoms in total. The first kappa shape index (κ1) is 21.7. The fourth-order valence-electron chi connectivity index (χ4n) is 5.83. The summed E-state index contributed by atoms with van der Waals surface area (Å²) in [7, 11) is 1.97. The van der Waals surface area contributed by atoms with Crippen molar-refractivity contribution in [3.63, 3.8) is 0 Å². The van der Waals surface area contributed by atoms with Crippen molar-refractivity contribution in [1.29, 1.82) is 0 Å². The van der Waals surface area contributed by atoms with Gasteiger partial charge in [0.15, 0.2) is 0 Å². The number of nitrogens with one attached hydrogen (secondary N) is 7. The Labute approximate surface area is 196 Å². The van der Waals surface area contributed by atoms with Gasteiger partial charge in [-0.25, -0.2) is 10.9 Å². The van der Waals surface area contributed by atoms with E-state index in [0.717, 1.165) is 71.4 Å². The number of carbonyl (C=O) groups is 1. The first-order valence-electron chi connectivity index (χ1n) is 13.8. The van der Waals surface area contributed by atoms with Gasteiger partial charge < -0.3 is 21.3 Å². The lowest BCUT2D eigenvalue weighted by Gasteiger charge is -2.35. The number of amides is 1. The first-order chi connectivity index (χ1) is 16.4. The average molecular weight is 453 g/mol. The normalized spacial score (nSPS) is 40.5. The van der Waals surface area contributed by atoms with Gasteiger partial charge in [0.1, 0.15) is 0 Å². The second-order valence-electron chi connectivity index (χ2n) is 10.1. The minimum atomic E-state index is -1.63. The molecule has 3 saturated heterocycles. The van der Waals surface area contributed by atoms with E-state index >= 15 is 0 Å². The van der Waals surface area contributed by atoms with Crippen LogP contribution in [0.3, 0.4) is 0 Å². The molecule has 9 heteroatoms. The van der Waals surface area contributed by atoms with Gasteiger partial charge in [-0.15, -0.1) is 0 Å². The lowest BCUT2D eigenvalue weighted by Crippen LogP contribution is -2.58. The molecule has 4 aliphatic rings. The molecule has 1 saturated carbocycles. The van der Waals surface area contributed by atoms with E-state index in [1.54, 1.807) is 0 Å². The molecule has 184 valence electrons. The molecule has 4 rings (SSSR count). The molecule has 0 spiro atoms. The molecular weight excluding hydrogens is 404 g/mol. The zero-order valence-corrected chi connectivity index (χ0v) is 19.9. The summed E-state index contributed by atoms with van der Waals surface area (Å²) in [6.45, 7) is 5.19. The van der Waals surface area contributed by atoms with Crippen LogP contribution >= 0.6 is 0 Å². The average Bonchev–Trinajstić information content (AvgIpc) is 3.25. The molecule has 0 aromatic heterocycles. The number of hydrogen-bond acceptors (Lipinski definition) is 8. The second-order valence-corrected chi connectivity index (χ2v) is 10.1. The van der Waals surface area contributed by atoms with Crippen molar-refractivity contribution in [2.45, 2.75) is 76.3 Å². The van der Waals surface area contributed by atoms with Crippen LogP contribution in [0.25, 0.3) is 0 Å². The van der Waals surface area contributed by atoms with Crippen molar-refractivity contribution in [1.82, 2.24) is 42.3 Å². The molecule has 1 amide bonds. The number of piperidine rings is 1. The monoisotopic (exact) mass is 452 g/mol. The summed E-state index contributed by atoms with van der Waals surface area (Å²) in [6.07, 6.45) is 6.22. The molecule has 7 unspecified atom stereocenters. The third kappa shape index (κ3) is 6.20. The van der Waals surface area contributed by atoms with Gasteiger partial charge in [0.25, 0.3) is 0 Å². The molecule has 0 aromatic rings. The van der Waals surface area contributed by atoms with E-state index < -0.39 is 12.7 Å². The Morgan fingerprint density at radius 2 is 2.00 bits per heavy atom. The Morgan fingerprint density at radius 1 is 1.12 bits per heavy atom. The Hall–Kier alpha value is -0.810. The SMILES string of the molecule is [2H]C([2H])(NC1CCCC(C(=O)NCC2CCNCC2CC)C1)C1NNC(C2CCNCN2)N1C. The maximum absolute atomic E-state index is 13.0. The second kappa shape index (κ2) is 12.1. The highest BCUT2D eigenvalue weighted by Crippen LogP contribution is 2.26. The quantitative estimate of drug-likeness (QED) is 0.264. The van der Waals surface area contributed by atoms with E-state index in [0.29, 0.717) is 18.3 Å². The zero-order chi connectivity index (χ0) is 24.1. The molecular formula is C23H46N8O. The standard InChI is InChI=1S/C23H46N8O/c1-3-16-12-24-9-7-18(16)13-27-23(32)17-5-4-6-19(11-17)26-14-21-29-30-22(31(21)2)20-8-10-25-15-28-20/h16-22,24-26,28-30H,3-15H2,1-2H3,(H,27,32)/i14D2. The van der Waals surface area contributed by atoms with Crippen LogP contribution < -0.4 is 37.4 Å². The van der Waals surface area contributed by atoms with Crippen molar-refractivity contribution in [3.05, 3.63) is 0 Å². The summed E-state index contributed by atoms with van der Waals surface area (Å²) in [4.78, 5) is 15.0. The third-order valence-electron chi connectivity index (χ3n) is 8.01. The fraction of sp³-hybridized carbons (Fsp3) is 0.957. The topological polar surface area (TPSA) is 105 Å². The van der Waals surface area contributed by atoms with Crippen LogP contribution in [0, 0.1) is 17.8 Å². The van der Waals surface area contributed by atoms with Crippen molar-refractivity contribution >= 4 is 5.91 Å². The molecule has 32 heavy (non-hydrogen) atoms. The van der Waals surface area contributed by atoms with E-state index in [-0.39, 0.29) is 30.1 Å². The van der Waals surface area contributed by atoms with Crippen molar-refractivity contribution in [3.8, 4) is 0 Å². The number of hydrazine groups is 1. The summed E-state index contributed by atoms with van der Waals surface area (Å²) in [6, 6.07) is 0.252. The zero-order valence-electron chi connectivity index (χ0n) is 21.9.